The molecule has 5 nitrogen and oxygen atoms in total. The lowest BCUT2D eigenvalue weighted by molar-refractivity contribution is 0.0954. The van der Waals surface area contributed by atoms with Crippen LogP contribution in [0.25, 0.3) is 0 Å². The van der Waals surface area contributed by atoms with Gasteiger partial charge in [-0.15, -0.1) is 0 Å². The van der Waals surface area contributed by atoms with Gasteiger partial charge in [0.25, 0.3) is 5.91 Å². The fraction of sp³-hybridized carbons (Fsp3) is 0.350. The van der Waals surface area contributed by atoms with Crippen molar-refractivity contribution in [1.29, 1.82) is 0 Å². The van der Waals surface area contributed by atoms with E-state index in [9.17, 15) is 13.2 Å². The molecule has 1 amide bonds. The fourth-order valence-electron chi connectivity index (χ4n) is 3.20. The van der Waals surface area contributed by atoms with Crippen LogP contribution < -0.4 is 5.32 Å². The highest BCUT2D eigenvalue weighted by Gasteiger charge is 2.27. The molecule has 1 fully saturated rings. The minimum absolute atomic E-state index is 0.0961. The quantitative estimate of drug-likeness (QED) is 0.733. The summed E-state index contributed by atoms with van der Waals surface area (Å²) in [5.41, 5.74) is 1.16. The normalized spacial score (nSPS) is 15.4. The molecule has 28 heavy (non-hydrogen) atoms. The second-order valence-electron chi connectivity index (χ2n) is 6.74. The van der Waals surface area contributed by atoms with Gasteiger partial charge in [0.15, 0.2) is 0 Å². The Kier molecular flexibility index (Phi) is 6.99. The lowest BCUT2D eigenvalue weighted by atomic mass is 10.1. The summed E-state index contributed by atoms with van der Waals surface area (Å²) >= 11 is 12.1. The first kappa shape index (κ1) is 21.1. The monoisotopic (exact) mass is 440 g/mol. The number of carbonyl (C=O) groups excluding carboxylic acids is 1. The summed E-state index contributed by atoms with van der Waals surface area (Å²) in [4.78, 5) is 12.6. The molecular weight excluding hydrogens is 419 g/mol. The molecule has 8 heteroatoms. The summed E-state index contributed by atoms with van der Waals surface area (Å²) in [6.45, 7) is 1.40. The SMILES string of the molecule is O=C(NCCc1cccc(Cl)c1)c1cc(S(=O)(=O)N2CCCCC2)ccc1Cl. The Morgan fingerprint density at radius 2 is 1.79 bits per heavy atom. The molecule has 3 rings (SSSR count). The van der Waals surface area contributed by atoms with Crippen LogP contribution in [0.2, 0.25) is 10.0 Å². The average Bonchev–Trinajstić information content (AvgIpc) is 2.69. The van der Waals surface area contributed by atoms with Crippen molar-refractivity contribution in [2.45, 2.75) is 30.6 Å². The van der Waals surface area contributed by atoms with Gasteiger partial charge < -0.3 is 5.32 Å². The van der Waals surface area contributed by atoms with E-state index in [0.717, 1.165) is 24.8 Å². The number of nitrogens with zero attached hydrogens (tertiary/aromatic N) is 1. The summed E-state index contributed by atoms with van der Waals surface area (Å²) < 4.78 is 27.2. The van der Waals surface area contributed by atoms with Crippen molar-refractivity contribution in [3.05, 3.63) is 63.6 Å². The van der Waals surface area contributed by atoms with E-state index >= 15 is 0 Å². The maximum atomic E-state index is 12.8. The van der Waals surface area contributed by atoms with Crippen molar-refractivity contribution in [2.24, 2.45) is 0 Å². The molecule has 1 N–H and O–H groups in total. The average molecular weight is 441 g/mol. The number of sulfonamides is 1. The molecule has 2 aromatic rings. The van der Waals surface area contributed by atoms with Crippen LogP contribution in [0.5, 0.6) is 0 Å². The maximum absolute atomic E-state index is 12.8. The van der Waals surface area contributed by atoms with E-state index in [4.69, 9.17) is 23.2 Å². The molecule has 0 unspecified atom stereocenters. The first-order valence-corrected chi connectivity index (χ1v) is 11.4. The van der Waals surface area contributed by atoms with Crippen molar-refractivity contribution in [1.82, 2.24) is 9.62 Å². The van der Waals surface area contributed by atoms with E-state index in [-0.39, 0.29) is 15.5 Å². The van der Waals surface area contributed by atoms with Crippen LogP contribution in [-0.2, 0) is 16.4 Å². The molecule has 0 bridgehead atoms. The summed E-state index contributed by atoms with van der Waals surface area (Å²) in [5, 5.41) is 3.65. The third kappa shape index (κ3) is 5.06. The molecule has 1 heterocycles. The molecule has 150 valence electrons. The molecule has 0 aliphatic carbocycles. The van der Waals surface area contributed by atoms with Gasteiger partial charge in [-0.3, -0.25) is 4.79 Å². The van der Waals surface area contributed by atoms with Gasteiger partial charge in [-0.1, -0.05) is 41.8 Å². The molecule has 2 aromatic carbocycles. The Labute approximate surface area is 175 Å². The predicted molar refractivity (Wildman–Crippen MR) is 112 cm³/mol. The van der Waals surface area contributed by atoms with Crippen molar-refractivity contribution in [3.8, 4) is 0 Å². The molecule has 1 saturated heterocycles. The zero-order valence-corrected chi connectivity index (χ0v) is 17.7. The Morgan fingerprint density at radius 3 is 2.50 bits per heavy atom. The van der Waals surface area contributed by atoms with Crippen molar-refractivity contribution >= 4 is 39.1 Å². The zero-order chi connectivity index (χ0) is 20.1. The Hall–Kier alpha value is -1.60. The fourth-order valence-corrected chi connectivity index (χ4v) is 5.16. The highest BCUT2D eigenvalue weighted by atomic mass is 35.5. The first-order chi connectivity index (χ1) is 13.4. The third-order valence-corrected chi connectivity index (χ3v) is 7.18. The zero-order valence-electron chi connectivity index (χ0n) is 15.3. The van der Waals surface area contributed by atoms with E-state index in [0.29, 0.717) is 31.1 Å². The number of carbonyl (C=O) groups is 1. The highest BCUT2D eigenvalue weighted by molar-refractivity contribution is 7.89. The smallest absolute Gasteiger partial charge is 0.252 e. The lowest BCUT2D eigenvalue weighted by Gasteiger charge is -2.26. The number of benzene rings is 2. The Morgan fingerprint density at radius 1 is 1.04 bits per heavy atom. The minimum atomic E-state index is -3.62. The number of rotatable bonds is 6. The maximum Gasteiger partial charge on any atom is 0.252 e. The van der Waals surface area contributed by atoms with Crippen LogP contribution in [-0.4, -0.2) is 38.3 Å². The number of amides is 1. The summed E-state index contributed by atoms with van der Waals surface area (Å²) in [6, 6.07) is 11.7. The Balaban J connectivity index is 1.70. The van der Waals surface area contributed by atoms with Crippen LogP contribution >= 0.6 is 23.2 Å². The second kappa shape index (κ2) is 9.27. The predicted octanol–water partition coefficient (Wildman–Crippen LogP) is 4.14. The number of hydrogen-bond donors (Lipinski definition) is 1. The molecule has 0 saturated carbocycles. The summed E-state index contributed by atoms with van der Waals surface area (Å²) in [7, 11) is -3.62. The van der Waals surface area contributed by atoms with Crippen LogP contribution in [0.4, 0.5) is 0 Å². The second-order valence-corrected chi connectivity index (χ2v) is 9.52. The number of piperidine rings is 1. The highest BCUT2D eigenvalue weighted by Crippen LogP contribution is 2.25. The van der Waals surface area contributed by atoms with Gasteiger partial charge in [-0.25, -0.2) is 8.42 Å². The van der Waals surface area contributed by atoms with E-state index in [2.05, 4.69) is 5.32 Å². The number of hydrogen-bond acceptors (Lipinski definition) is 3. The molecular formula is C20H22Cl2N2O3S. The summed E-state index contributed by atoms with van der Waals surface area (Å²) in [6.07, 6.45) is 3.34. The lowest BCUT2D eigenvalue weighted by Crippen LogP contribution is -2.35. The Bertz CT molecular complexity index is 958. The van der Waals surface area contributed by atoms with Crippen molar-refractivity contribution < 1.29 is 13.2 Å². The molecule has 0 atom stereocenters. The van der Waals surface area contributed by atoms with Gasteiger partial charge in [0.2, 0.25) is 10.0 Å². The molecule has 0 radical (unpaired) electrons. The largest absolute Gasteiger partial charge is 0.352 e. The molecule has 1 aliphatic rings. The van der Waals surface area contributed by atoms with Crippen LogP contribution in [0.3, 0.4) is 0 Å². The van der Waals surface area contributed by atoms with Gasteiger partial charge >= 0.3 is 0 Å². The molecule has 0 spiro atoms. The summed E-state index contributed by atoms with van der Waals surface area (Å²) in [5.74, 6) is -0.400. The van der Waals surface area contributed by atoms with Gasteiger partial charge in [0, 0.05) is 24.7 Å². The van der Waals surface area contributed by atoms with E-state index in [1.54, 1.807) is 6.07 Å². The number of halogens is 2. The standard InChI is InChI=1S/C20H22Cl2N2O3S/c21-16-6-4-5-15(13-16)9-10-23-20(25)18-14-17(7-8-19(18)22)28(26,27)24-11-2-1-3-12-24/h4-8,13-14H,1-3,9-12H2,(H,23,25). The van der Waals surface area contributed by atoms with E-state index < -0.39 is 15.9 Å². The third-order valence-electron chi connectivity index (χ3n) is 4.72. The molecule has 1 aliphatic heterocycles. The van der Waals surface area contributed by atoms with E-state index in [1.165, 1.54) is 22.5 Å². The van der Waals surface area contributed by atoms with Crippen molar-refractivity contribution in [3.63, 3.8) is 0 Å². The topological polar surface area (TPSA) is 66.5 Å². The van der Waals surface area contributed by atoms with Gasteiger partial charge in [-0.05, 0) is 55.2 Å². The number of nitrogens with one attached hydrogen (secondary N) is 1. The van der Waals surface area contributed by atoms with Crippen LogP contribution in [0.15, 0.2) is 47.4 Å². The van der Waals surface area contributed by atoms with Crippen LogP contribution in [0.1, 0.15) is 35.2 Å². The molecule has 0 aromatic heterocycles. The van der Waals surface area contributed by atoms with E-state index in [1.807, 2.05) is 18.2 Å². The van der Waals surface area contributed by atoms with Crippen molar-refractivity contribution in [2.75, 3.05) is 19.6 Å². The van der Waals surface area contributed by atoms with Crippen LogP contribution in [0, 0.1) is 0 Å². The first-order valence-electron chi connectivity index (χ1n) is 9.20. The van der Waals surface area contributed by atoms with Gasteiger partial charge in [0.05, 0.1) is 15.5 Å². The van der Waals surface area contributed by atoms with Gasteiger partial charge in [-0.2, -0.15) is 4.31 Å². The van der Waals surface area contributed by atoms with Gasteiger partial charge in [0.1, 0.15) is 0 Å². The minimum Gasteiger partial charge on any atom is -0.352 e.